The van der Waals surface area contributed by atoms with E-state index in [4.69, 9.17) is 25.6 Å². The van der Waals surface area contributed by atoms with Crippen LogP contribution in [-0.4, -0.2) is 36.8 Å². The van der Waals surface area contributed by atoms with E-state index in [0.717, 1.165) is 52.3 Å². The maximum absolute atomic E-state index is 11.5. The van der Waals surface area contributed by atoms with Crippen LogP contribution in [0.1, 0.15) is 19.4 Å². The Hall–Kier alpha value is -4.34. The number of aromatic nitrogens is 5. The van der Waals surface area contributed by atoms with E-state index < -0.39 is 11.9 Å². The molecule has 0 radical (unpaired) electrons. The number of amides is 1. The molecule has 0 spiro atoms. The third kappa shape index (κ3) is 3.10. The molecule has 0 fully saturated rings. The number of hydrogen-bond donors (Lipinski definition) is 2. The van der Waals surface area contributed by atoms with E-state index in [1.54, 1.807) is 24.0 Å². The predicted molar refractivity (Wildman–Crippen MR) is 122 cm³/mol. The number of rotatable bonds is 4. The summed E-state index contributed by atoms with van der Waals surface area (Å²) in [5.74, 6) is 1.15. The SMILES string of the molecule is C[C@H](C(N)=O)n1cc(-c2cc3c4c(c2)nc(-c2ccc5oc(N)nc5c2)n4CCCO3)cn1. The zero-order chi connectivity index (χ0) is 22.7. The number of ether oxygens (including phenoxy) is 1. The number of aryl methyl sites for hydroxylation is 1. The van der Waals surface area contributed by atoms with Crippen molar-refractivity contribution < 1.29 is 13.9 Å². The van der Waals surface area contributed by atoms with Crippen LogP contribution in [0.2, 0.25) is 0 Å². The number of oxazole rings is 1. The zero-order valence-electron chi connectivity index (χ0n) is 17.9. The van der Waals surface area contributed by atoms with E-state index >= 15 is 0 Å². The van der Waals surface area contributed by atoms with Crippen LogP contribution < -0.4 is 16.2 Å². The van der Waals surface area contributed by atoms with Gasteiger partial charge in [0.25, 0.3) is 6.01 Å². The van der Waals surface area contributed by atoms with Crippen molar-refractivity contribution >= 4 is 34.1 Å². The molecule has 0 aliphatic carbocycles. The Balaban J connectivity index is 1.50. The van der Waals surface area contributed by atoms with E-state index in [1.807, 2.05) is 30.3 Å². The van der Waals surface area contributed by atoms with Crippen LogP contribution in [0.5, 0.6) is 5.75 Å². The minimum Gasteiger partial charge on any atom is -0.491 e. The van der Waals surface area contributed by atoms with Crippen LogP contribution >= 0.6 is 0 Å². The Labute approximate surface area is 187 Å². The smallest absolute Gasteiger partial charge is 0.292 e. The van der Waals surface area contributed by atoms with Crippen LogP contribution in [0.4, 0.5) is 6.01 Å². The Kier molecular flexibility index (Phi) is 4.16. The van der Waals surface area contributed by atoms with Gasteiger partial charge in [0.1, 0.15) is 28.6 Å². The van der Waals surface area contributed by atoms with Gasteiger partial charge in [-0.3, -0.25) is 9.48 Å². The summed E-state index contributed by atoms with van der Waals surface area (Å²) in [5.41, 5.74) is 16.9. The van der Waals surface area contributed by atoms with Gasteiger partial charge in [-0.1, -0.05) is 0 Å². The third-order valence-corrected chi connectivity index (χ3v) is 6.00. The average molecular weight is 443 g/mol. The number of benzene rings is 2. The molecule has 166 valence electrons. The van der Waals surface area contributed by atoms with Gasteiger partial charge < -0.3 is 25.2 Å². The van der Waals surface area contributed by atoms with Crippen molar-refractivity contribution in [2.45, 2.75) is 25.9 Å². The zero-order valence-corrected chi connectivity index (χ0v) is 17.9. The number of primary amides is 1. The third-order valence-electron chi connectivity index (χ3n) is 6.00. The minimum atomic E-state index is -0.536. The number of fused-ring (bicyclic) bond motifs is 1. The Morgan fingerprint density at radius 2 is 1.97 bits per heavy atom. The van der Waals surface area contributed by atoms with E-state index in [2.05, 4.69) is 14.6 Å². The summed E-state index contributed by atoms with van der Waals surface area (Å²) in [5, 5.41) is 4.31. The number of hydrogen-bond acceptors (Lipinski definition) is 7. The molecule has 2 aromatic carbocycles. The maximum atomic E-state index is 11.5. The molecule has 33 heavy (non-hydrogen) atoms. The molecule has 1 aliphatic rings. The molecule has 3 aromatic heterocycles. The van der Waals surface area contributed by atoms with Crippen molar-refractivity contribution in [2.75, 3.05) is 12.3 Å². The quantitative estimate of drug-likeness (QED) is 0.435. The van der Waals surface area contributed by atoms with E-state index in [0.29, 0.717) is 17.7 Å². The van der Waals surface area contributed by atoms with Crippen molar-refractivity contribution in [3.05, 3.63) is 42.7 Å². The first-order valence-electron chi connectivity index (χ1n) is 10.7. The molecule has 10 nitrogen and oxygen atoms in total. The number of nitrogens with zero attached hydrogens (tertiary/aromatic N) is 5. The Bertz CT molecular complexity index is 1540. The molecule has 10 heteroatoms. The lowest BCUT2D eigenvalue weighted by Crippen LogP contribution is -2.24. The highest BCUT2D eigenvalue weighted by Crippen LogP contribution is 2.38. The lowest BCUT2D eigenvalue weighted by molar-refractivity contribution is -0.120. The highest BCUT2D eigenvalue weighted by atomic mass is 16.5. The van der Waals surface area contributed by atoms with Crippen molar-refractivity contribution in [2.24, 2.45) is 5.73 Å². The molecular weight excluding hydrogens is 422 g/mol. The van der Waals surface area contributed by atoms with Gasteiger partial charge in [-0.15, -0.1) is 0 Å². The molecular formula is C23H21N7O3. The van der Waals surface area contributed by atoms with Crippen LogP contribution in [0.25, 0.3) is 44.6 Å². The minimum absolute atomic E-state index is 0.139. The first-order chi connectivity index (χ1) is 16.0. The molecule has 4 N–H and O–H groups in total. The lowest BCUT2D eigenvalue weighted by Gasteiger charge is -2.08. The van der Waals surface area contributed by atoms with Crippen molar-refractivity contribution in [1.82, 2.24) is 24.3 Å². The summed E-state index contributed by atoms with van der Waals surface area (Å²) < 4.78 is 15.2. The Morgan fingerprint density at radius 3 is 2.82 bits per heavy atom. The summed E-state index contributed by atoms with van der Waals surface area (Å²) in [6.45, 7) is 3.11. The second kappa shape index (κ2) is 7.09. The molecule has 1 aliphatic heterocycles. The highest BCUT2D eigenvalue weighted by molar-refractivity contribution is 5.91. The fourth-order valence-corrected chi connectivity index (χ4v) is 4.26. The second-order valence-electron chi connectivity index (χ2n) is 8.15. The van der Waals surface area contributed by atoms with Gasteiger partial charge in [0.15, 0.2) is 5.58 Å². The first-order valence-corrected chi connectivity index (χ1v) is 10.7. The summed E-state index contributed by atoms with van der Waals surface area (Å²) in [6, 6.07) is 9.35. The monoisotopic (exact) mass is 443 g/mol. The largest absolute Gasteiger partial charge is 0.491 e. The second-order valence-corrected chi connectivity index (χ2v) is 8.15. The number of carbonyl (C=O) groups excluding carboxylic acids is 1. The van der Waals surface area contributed by atoms with Gasteiger partial charge in [-0.25, -0.2) is 4.98 Å². The summed E-state index contributed by atoms with van der Waals surface area (Å²) in [4.78, 5) is 20.7. The first kappa shape index (κ1) is 19.4. The van der Waals surface area contributed by atoms with Gasteiger partial charge >= 0.3 is 0 Å². The van der Waals surface area contributed by atoms with Gasteiger partial charge in [0, 0.05) is 23.9 Å². The van der Waals surface area contributed by atoms with Gasteiger partial charge in [0.05, 0.1) is 18.3 Å². The lowest BCUT2D eigenvalue weighted by atomic mass is 10.1. The predicted octanol–water partition coefficient (Wildman–Crippen LogP) is 3.12. The molecule has 0 unspecified atom stereocenters. The van der Waals surface area contributed by atoms with Crippen LogP contribution in [0.3, 0.4) is 0 Å². The number of nitrogens with two attached hydrogens (primary N) is 2. The molecule has 6 rings (SSSR count). The number of carbonyl (C=O) groups is 1. The molecule has 0 saturated carbocycles. The highest BCUT2D eigenvalue weighted by Gasteiger charge is 2.22. The molecule has 5 aromatic rings. The summed E-state index contributed by atoms with van der Waals surface area (Å²) in [6.07, 6.45) is 4.38. The van der Waals surface area contributed by atoms with Crippen LogP contribution in [-0.2, 0) is 11.3 Å². The van der Waals surface area contributed by atoms with Crippen molar-refractivity contribution in [3.63, 3.8) is 0 Å². The Morgan fingerprint density at radius 1 is 1.12 bits per heavy atom. The maximum Gasteiger partial charge on any atom is 0.292 e. The molecule has 0 saturated heterocycles. The van der Waals surface area contributed by atoms with Gasteiger partial charge in [0.2, 0.25) is 5.91 Å². The molecule has 4 heterocycles. The number of nitrogen functional groups attached to an aromatic ring is 1. The number of anilines is 1. The van der Waals surface area contributed by atoms with Gasteiger partial charge in [-0.2, -0.15) is 10.1 Å². The number of imidazole rings is 1. The topological polar surface area (TPSA) is 140 Å². The standard InChI is InChI=1S/C23H21N7O3/c1-12(21(24)31)30-11-15(10-26-30)14-8-17-20-19(9-14)32-6-2-5-29(20)22(27-17)13-3-4-18-16(7-13)28-23(25)33-18/h3-4,7-12H,2,5-6H2,1H3,(H2,24,31)(H2,25,28)/t12-/m1/s1. The fourth-order valence-electron chi connectivity index (χ4n) is 4.26. The molecule has 0 bridgehead atoms. The van der Waals surface area contributed by atoms with E-state index in [-0.39, 0.29) is 6.01 Å². The summed E-state index contributed by atoms with van der Waals surface area (Å²) >= 11 is 0. The molecule has 1 atom stereocenters. The summed E-state index contributed by atoms with van der Waals surface area (Å²) in [7, 11) is 0. The van der Waals surface area contributed by atoms with E-state index in [9.17, 15) is 4.79 Å². The van der Waals surface area contributed by atoms with Crippen molar-refractivity contribution in [1.29, 1.82) is 0 Å². The normalized spacial score (nSPS) is 14.3. The van der Waals surface area contributed by atoms with Crippen LogP contribution in [0, 0.1) is 0 Å². The fraction of sp³-hybridized carbons (Fsp3) is 0.217. The van der Waals surface area contributed by atoms with Crippen LogP contribution in [0.15, 0.2) is 47.1 Å². The molecule has 1 amide bonds. The van der Waals surface area contributed by atoms with Crippen molar-refractivity contribution in [3.8, 4) is 28.3 Å². The van der Waals surface area contributed by atoms with Gasteiger partial charge in [-0.05, 0) is 49.2 Å². The average Bonchev–Trinajstić information content (AvgIpc) is 3.47. The van der Waals surface area contributed by atoms with E-state index in [1.165, 1.54) is 0 Å².